The van der Waals surface area contributed by atoms with E-state index >= 15 is 0 Å². The Morgan fingerprint density at radius 2 is 2.10 bits per heavy atom. The SMILES string of the molecule is CCCNC(Cn1cnc2ccccc21)c1ccn(C)n1. The average molecular weight is 283 g/mol. The molecule has 0 saturated heterocycles. The third kappa shape index (κ3) is 2.97. The second kappa shape index (κ2) is 6.10. The van der Waals surface area contributed by atoms with E-state index in [-0.39, 0.29) is 6.04 Å². The highest BCUT2D eigenvalue weighted by Crippen LogP contribution is 2.18. The maximum absolute atomic E-state index is 4.54. The van der Waals surface area contributed by atoms with Gasteiger partial charge in [0.2, 0.25) is 0 Å². The zero-order valence-electron chi connectivity index (χ0n) is 12.5. The largest absolute Gasteiger partial charge is 0.329 e. The number of hydrogen-bond donors (Lipinski definition) is 1. The first kappa shape index (κ1) is 13.8. The summed E-state index contributed by atoms with van der Waals surface area (Å²) in [6.07, 6.45) is 5.00. The fourth-order valence-electron chi connectivity index (χ4n) is 2.55. The van der Waals surface area contributed by atoms with Crippen molar-refractivity contribution in [3.63, 3.8) is 0 Å². The molecule has 5 heteroatoms. The van der Waals surface area contributed by atoms with Crippen LogP contribution >= 0.6 is 0 Å². The van der Waals surface area contributed by atoms with Gasteiger partial charge in [0.15, 0.2) is 0 Å². The lowest BCUT2D eigenvalue weighted by Crippen LogP contribution is -2.26. The van der Waals surface area contributed by atoms with Crippen LogP contribution < -0.4 is 5.32 Å². The van der Waals surface area contributed by atoms with Crippen LogP contribution in [0.25, 0.3) is 11.0 Å². The Labute approximate surface area is 124 Å². The van der Waals surface area contributed by atoms with Crippen LogP contribution in [0.3, 0.4) is 0 Å². The van der Waals surface area contributed by atoms with Crippen LogP contribution in [0.1, 0.15) is 25.1 Å². The smallest absolute Gasteiger partial charge is 0.0958 e. The molecule has 0 radical (unpaired) electrons. The molecule has 0 spiro atoms. The molecule has 1 N–H and O–H groups in total. The lowest BCUT2D eigenvalue weighted by atomic mass is 10.2. The molecule has 110 valence electrons. The maximum atomic E-state index is 4.54. The van der Waals surface area contributed by atoms with E-state index in [4.69, 9.17) is 0 Å². The second-order valence-electron chi connectivity index (χ2n) is 5.31. The Kier molecular flexibility index (Phi) is 4.01. The van der Waals surface area contributed by atoms with Crippen molar-refractivity contribution in [2.24, 2.45) is 7.05 Å². The quantitative estimate of drug-likeness (QED) is 0.756. The summed E-state index contributed by atoms with van der Waals surface area (Å²) in [4.78, 5) is 4.46. The van der Waals surface area contributed by atoms with Crippen LogP contribution in [0.2, 0.25) is 0 Å². The summed E-state index contributed by atoms with van der Waals surface area (Å²) in [6, 6.07) is 10.5. The van der Waals surface area contributed by atoms with E-state index in [2.05, 4.69) is 45.1 Å². The van der Waals surface area contributed by atoms with Gasteiger partial charge in [0.25, 0.3) is 0 Å². The zero-order chi connectivity index (χ0) is 14.7. The molecule has 0 amide bonds. The highest BCUT2D eigenvalue weighted by atomic mass is 15.3. The normalized spacial score (nSPS) is 12.9. The molecule has 0 aliphatic heterocycles. The van der Waals surface area contributed by atoms with Crippen molar-refractivity contribution in [3.05, 3.63) is 48.5 Å². The Balaban J connectivity index is 1.87. The summed E-state index contributed by atoms with van der Waals surface area (Å²) in [5.41, 5.74) is 3.27. The minimum Gasteiger partial charge on any atom is -0.329 e. The number of fused-ring (bicyclic) bond motifs is 1. The van der Waals surface area contributed by atoms with Crippen molar-refractivity contribution in [3.8, 4) is 0 Å². The molecule has 0 bridgehead atoms. The number of aromatic nitrogens is 4. The number of imidazole rings is 1. The van der Waals surface area contributed by atoms with Gasteiger partial charge in [0.05, 0.1) is 29.1 Å². The number of hydrogen-bond acceptors (Lipinski definition) is 3. The van der Waals surface area contributed by atoms with Gasteiger partial charge in [0.1, 0.15) is 0 Å². The summed E-state index contributed by atoms with van der Waals surface area (Å²) < 4.78 is 4.04. The maximum Gasteiger partial charge on any atom is 0.0958 e. The van der Waals surface area contributed by atoms with E-state index in [1.54, 1.807) is 0 Å². The van der Waals surface area contributed by atoms with Gasteiger partial charge in [-0.1, -0.05) is 19.1 Å². The predicted octanol–water partition coefficient (Wildman–Crippen LogP) is 2.51. The Bertz CT molecular complexity index is 712. The van der Waals surface area contributed by atoms with E-state index in [9.17, 15) is 0 Å². The van der Waals surface area contributed by atoms with Crippen LogP contribution in [-0.4, -0.2) is 25.9 Å². The van der Waals surface area contributed by atoms with Gasteiger partial charge in [-0.25, -0.2) is 4.98 Å². The molecule has 3 rings (SSSR count). The highest BCUT2D eigenvalue weighted by Gasteiger charge is 2.15. The van der Waals surface area contributed by atoms with Crippen molar-refractivity contribution in [1.82, 2.24) is 24.6 Å². The van der Waals surface area contributed by atoms with E-state index < -0.39 is 0 Å². The first-order chi connectivity index (χ1) is 10.3. The van der Waals surface area contributed by atoms with E-state index in [0.717, 1.165) is 36.2 Å². The molecular weight excluding hydrogens is 262 g/mol. The van der Waals surface area contributed by atoms with E-state index in [0.29, 0.717) is 0 Å². The fourth-order valence-corrected chi connectivity index (χ4v) is 2.55. The fraction of sp³-hybridized carbons (Fsp3) is 0.375. The van der Waals surface area contributed by atoms with Crippen molar-refractivity contribution in [2.75, 3.05) is 6.54 Å². The van der Waals surface area contributed by atoms with E-state index in [1.807, 2.05) is 36.4 Å². The first-order valence-electron chi connectivity index (χ1n) is 7.40. The topological polar surface area (TPSA) is 47.7 Å². The summed E-state index contributed by atoms with van der Waals surface area (Å²) in [7, 11) is 1.95. The summed E-state index contributed by atoms with van der Waals surface area (Å²) in [5, 5.41) is 8.12. The average Bonchev–Trinajstić information content (AvgIpc) is 3.10. The summed E-state index contributed by atoms with van der Waals surface area (Å²) in [5.74, 6) is 0. The Morgan fingerprint density at radius 1 is 1.24 bits per heavy atom. The number of rotatable bonds is 6. The van der Waals surface area contributed by atoms with E-state index in [1.165, 1.54) is 0 Å². The van der Waals surface area contributed by atoms with Gasteiger partial charge in [-0.2, -0.15) is 5.10 Å². The molecule has 1 atom stereocenters. The van der Waals surface area contributed by atoms with Gasteiger partial charge >= 0.3 is 0 Å². The summed E-state index contributed by atoms with van der Waals surface area (Å²) >= 11 is 0. The lowest BCUT2D eigenvalue weighted by Gasteiger charge is -2.17. The Morgan fingerprint density at radius 3 is 2.86 bits per heavy atom. The van der Waals surface area contributed by atoms with Crippen molar-refractivity contribution in [2.45, 2.75) is 25.9 Å². The molecule has 2 aromatic heterocycles. The van der Waals surface area contributed by atoms with Crippen molar-refractivity contribution >= 4 is 11.0 Å². The van der Waals surface area contributed by atoms with Gasteiger partial charge in [-0.15, -0.1) is 0 Å². The van der Waals surface area contributed by atoms with Gasteiger partial charge in [-0.3, -0.25) is 4.68 Å². The zero-order valence-corrected chi connectivity index (χ0v) is 12.5. The molecular formula is C16H21N5. The monoisotopic (exact) mass is 283 g/mol. The highest BCUT2D eigenvalue weighted by molar-refractivity contribution is 5.74. The van der Waals surface area contributed by atoms with Crippen LogP contribution in [0.15, 0.2) is 42.9 Å². The minimum atomic E-state index is 0.198. The summed E-state index contributed by atoms with van der Waals surface area (Å²) in [6.45, 7) is 3.99. The molecule has 0 saturated carbocycles. The van der Waals surface area contributed by atoms with Gasteiger partial charge in [0, 0.05) is 19.8 Å². The standard InChI is InChI=1S/C16H21N5/c1-3-9-17-15(13-8-10-20(2)19-13)11-21-12-18-14-6-4-5-7-16(14)21/h4-8,10,12,15,17H,3,9,11H2,1-2H3. The number of nitrogens with one attached hydrogen (secondary N) is 1. The van der Waals surface area contributed by atoms with Crippen LogP contribution in [0.5, 0.6) is 0 Å². The molecule has 2 heterocycles. The Hall–Kier alpha value is -2.14. The third-order valence-electron chi connectivity index (χ3n) is 3.64. The molecule has 3 aromatic rings. The number of para-hydroxylation sites is 2. The first-order valence-corrected chi connectivity index (χ1v) is 7.40. The van der Waals surface area contributed by atoms with Crippen LogP contribution in [0, 0.1) is 0 Å². The van der Waals surface area contributed by atoms with Gasteiger partial charge in [-0.05, 0) is 31.2 Å². The second-order valence-corrected chi connectivity index (χ2v) is 5.31. The third-order valence-corrected chi connectivity index (χ3v) is 3.64. The van der Waals surface area contributed by atoms with Crippen molar-refractivity contribution in [1.29, 1.82) is 0 Å². The number of benzene rings is 1. The molecule has 0 fully saturated rings. The molecule has 21 heavy (non-hydrogen) atoms. The molecule has 1 aromatic carbocycles. The van der Waals surface area contributed by atoms with Crippen molar-refractivity contribution < 1.29 is 0 Å². The van der Waals surface area contributed by atoms with Crippen LogP contribution in [-0.2, 0) is 13.6 Å². The predicted molar refractivity (Wildman–Crippen MR) is 84.0 cm³/mol. The number of nitrogens with zero attached hydrogens (tertiary/aromatic N) is 4. The molecule has 1 unspecified atom stereocenters. The lowest BCUT2D eigenvalue weighted by molar-refractivity contribution is 0.455. The van der Waals surface area contributed by atoms with Gasteiger partial charge < -0.3 is 9.88 Å². The molecule has 0 aliphatic rings. The minimum absolute atomic E-state index is 0.198. The number of aryl methyl sites for hydroxylation is 1. The molecule has 0 aliphatic carbocycles. The molecule has 5 nitrogen and oxygen atoms in total. The van der Waals surface area contributed by atoms with Crippen LogP contribution in [0.4, 0.5) is 0 Å².